The van der Waals surface area contributed by atoms with E-state index in [1.54, 1.807) is 33.2 Å². The highest BCUT2D eigenvalue weighted by Crippen LogP contribution is 2.27. The molecule has 2 aromatic heterocycles. The van der Waals surface area contributed by atoms with E-state index in [4.69, 9.17) is 16.3 Å². The molecule has 3 rings (SSSR count). The number of fused-ring (bicyclic) bond motifs is 1. The number of aromatic nitrogens is 4. The number of hydrogen-bond acceptors (Lipinski definition) is 6. The number of esters is 1. The van der Waals surface area contributed by atoms with Gasteiger partial charge in [-0.3, -0.25) is 14.3 Å². The number of benzene rings is 1. The minimum absolute atomic E-state index is 0.0789. The summed E-state index contributed by atoms with van der Waals surface area (Å²) in [6, 6.07) is 5.49. The van der Waals surface area contributed by atoms with E-state index in [0.29, 0.717) is 16.6 Å². The van der Waals surface area contributed by atoms with E-state index in [1.165, 1.54) is 11.6 Å². The van der Waals surface area contributed by atoms with Crippen molar-refractivity contribution in [2.75, 3.05) is 0 Å². The van der Waals surface area contributed by atoms with E-state index < -0.39 is 11.6 Å². The van der Waals surface area contributed by atoms with Crippen molar-refractivity contribution in [3.63, 3.8) is 0 Å². The van der Waals surface area contributed by atoms with Gasteiger partial charge in [0.25, 0.3) is 0 Å². The average molecular weight is 387 g/mol. The van der Waals surface area contributed by atoms with Gasteiger partial charge in [0.1, 0.15) is 17.8 Å². The lowest BCUT2D eigenvalue weighted by atomic mass is 10.0. The van der Waals surface area contributed by atoms with Gasteiger partial charge in [-0.2, -0.15) is 5.10 Å². The van der Waals surface area contributed by atoms with Crippen molar-refractivity contribution in [3.8, 4) is 11.1 Å². The third-order valence-corrected chi connectivity index (χ3v) is 3.93. The molecular weight excluding hydrogens is 368 g/mol. The van der Waals surface area contributed by atoms with Gasteiger partial charge in [-0.05, 0) is 50.1 Å². The zero-order valence-corrected chi connectivity index (χ0v) is 16.2. The van der Waals surface area contributed by atoms with Gasteiger partial charge >= 0.3 is 5.97 Å². The predicted molar refractivity (Wildman–Crippen MR) is 102 cm³/mol. The lowest BCUT2D eigenvalue weighted by molar-refractivity contribution is -0.155. The van der Waals surface area contributed by atoms with Crippen LogP contribution in [0.2, 0.25) is 5.28 Å². The van der Waals surface area contributed by atoms with Crippen LogP contribution in [0.4, 0.5) is 0 Å². The van der Waals surface area contributed by atoms with Gasteiger partial charge in [0.2, 0.25) is 5.28 Å². The Morgan fingerprint density at radius 3 is 2.41 bits per heavy atom. The molecule has 27 heavy (non-hydrogen) atoms. The molecule has 0 aliphatic rings. The summed E-state index contributed by atoms with van der Waals surface area (Å²) in [5.74, 6) is -0.607. The Morgan fingerprint density at radius 1 is 1.15 bits per heavy atom. The van der Waals surface area contributed by atoms with Gasteiger partial charge in [-0.25, -0.2) is 9.97 Å². The smallest absolute Gasteiger partial charge is 0.328 e. The van der Waals surface area contributed by atoms with Crippen LogP contribution in [0.3, 0.4) is 0 Å². The molecule has 8 heteroatoms. The minimum atomic E-state index is -0.592. The fourth-order valence-corrected chi connectivity index (χ4v) is 2.79. The summed E-state index contributed by atoms with van der Waals surface area (Å²) in [6.45, 7) is 6.76. The normalized spacial score (nSPS) is 11.6. The number of ether oxygens (including phenoxy) is 1. The predicted octanol–water partition coefficient (Wildman–Crippen LogP) is 3.69. The first-order valence-electron chi connectivity index (χ1n) is 8.35. The summed E-state index contributed by atoms with van der Waals surface area (Å²) in [5.41, 5.74) is 1.95. The molecule has 0 amide bonds. The van der Waals surface area contributed by atoms with Crippen LogP contribution in [-0.4, -0.2) is 37.1 Å². The SMILES string of the molecule is CC(=O)c1nn(CC(=O)OC(C)(C)C)c2ccc(-c3cnc(Cl)nc3)cc12. The van der Waals surface area contributed by atoms with Crippen LogP contribution in [0.25, 0.3) is 22.0 Å². The molecular formula is C19H19ClN4O3. The van der Waals surface area contributed by atoms with Crippen molar-refractivity contribution in [1.82, 2.24) is 19.7 Å². The zero-order chi connectivity index (χ0) is 19.8. The molecule has 2 heterocycles. The topological polar surface area (TPSA) is 87.0 Å². The summed E-state index contributed by atoms with van der Waals surface area (Å²) in [4.78, 5) is 32.2. The van der Waals surface area contributed by atoms with Crippen molar-refractivity contribution in [2.45, 2.75) is 39.8 Å². The van der Waals surface area contributed by atoms with E-state index in [2.05, 4.69) is 15.1 Å². The molecule has 0 bridgehead atoms. The zero-order valence-electron chi connectivity index (χ0n) is 15.5. The largest absolute Gasteiger partial charge is 0.459 e. The fraction of sp³-hybridized carbons (Fsp3) is 0.316. The van der Waals surface area contributed by atoms with Gasteiger partial charge in [0, 0.05) is 30.3 Å². The van der Waals surface area contributed by atoms with Crippen molar-refractivity contribution in [3.05, 3.63) is 41.6 Å². The molecule has 0 saturated carbocycles. The van der Waals surface area contributed by atoms with Gasteiger partial charge in [-0.1, -0.05) is 6.07 Å². The van der Waals surface area contributed by atoms with Crippen LogP contribution in [-0.2, 0) is 16.1 Å². The van der Waals surface area contributed by atoms with E-state index >= 15 is 0 Å². The van der Waals surface area contributed by atoms with Crippen molar-refractivity contribution < 1.29 is 14.3 Å². The molecule has 0 radical (unpaired) electrons. The Hall–Kier alpha value is -2.80. The summed E-state index contributed by atoms with van der Waals surface area (Å²) in [7, 11) is 0. The first kappa shape index (κ1) is 19.0. The Balaban J connectivity index is 2.03. The van der Waals surface area contributed by atoms with Crippen LogP contribution in [0.5, 0.6) is 0 Å². The first-order valence-corrected chi connectivity index (χ1v) is 8.73. The fourth-order valence-electron chi connectivity index (χ4n) is 2.70. The summed E-state index contributed by atoms with van der Waals surface area (Å²) in [5, 5.41) is 5.13. The minimum Gasteiger partial charge on any atom is -0.459 e. The van der Waals surface area contributed by atoms with Crippen LogP contribution < -0.4 is 0 Å². The second-order valence-corrected chi connectivity index (χ2v) is 7.46. The third-order valence-electron chi connectivity index (χ3n) is 3.74. The standard InChI is InChI=1S/C19H19ClN4O3/c1-11(25)17-14-7-12(13-8-21-18(20)22-9-13)5-6-15(14)24(23-17)10-16(26)27-19(2,3)4/h5-9H,10H2,1-4H3. The molecule has 0 saturated heterocycles. The number of hydrogen-bond donors (Lipinski definition) is 0. The average Bonchev–Trinajstić information content (AvgIpc) is 2.92. The molecule has 0 aliphatic heterocycles. The number of halogens is 1. The lowest BCUT2D eigenvalue weighted by Gasteiger charge is -2.19. The van der Waals surface area contributed by atoms with E-state index in [-0.39, 0.29) is 17.6 Å². The van der Waals surface area contributed by atoms with Crippen LogP contribution in [0.15, 0.2) is 30.6 Å². The van der Waals surface area contributed by atoms with Crippen molar-refractivity contribution in [2.24, 2.45) is 0 Å². The molecule has 0 spiro atoms. The number of rotatable bonds is 4. The Bertz CT molecular complexity index is 1020. The molecule has 0 unspecified atom stereocenters. The molecule has 0 atom stereocenters. The van der Waals surface area contributed by atoms with Crippen molar-refractivity contribution >= 4 is 34.3 Å². The number of carbonyl (C=O) groups is 2. The maximum Gasteiger partial charge on any atom is 0.328 e. The van der Waals surface area contributed by atoms with Gasteiger partial charge in [-0.15, -0.1) is 0 Å². The number of carbonyl (C=O) groups excluding carboxylic acids is 2. The maximum absolute atomic E-state index is 12.2. The molecule has 140 valence electrons. The Kier molecular flexibility index (Phi) is 4.97. The molecule has 0 fully saturated rings. The molecule has 3 aromatic rings. The monoisotopic (exact) mass is 386 g/mol. The summed E-state index contributed by atoms with van der Waals surface area (Å²) >= 11 is 5.73. The molecule has 0 aliphatic carbocycles. The number of ketones is 1. The molecule has 1 aromatic carbocycles. The van der Waals surface area contributed by atoms with E-state index in [9.17, 15) is 9.59 Å². The Labute approximate surface area is 161 Å². The number of Topliss-reactive ketones (excluding diaryl/α,β-unsaturated/α-hetero) is 1. The van der Waals surface area contributed by atoms with Crippen LogP contribution in [0, 0.1) is 0 Å². The van der Waals surface area contributed by atoms with Gasteiger partial charge in [0.15, 0.2) is 5.78 Å². The summed E-state index contributed by atoms with van der Waals surface area (Å²) < 4.78 is 6.84. The molecule has 0 N–H and O–H groups in total. The second-order valence-electron chi connectivity index (χ2n) is 7.12. The van der Waals surface area contributed by atoms with E-state index in [0.717, 1.165) is 11.1 Å². The maximum atomic E-state index is 12.2. The highest BCUT2D eigenvalue weighted by molar-refractivity contribution is 6.28. The van der Waals surface area contributed by atoms with Crippen LogP contribution >= 0.6 is 11.6 Å². The lowest BCUT2D eigenvalue weighted by Crippen LogP contribution is -2.26. The van der Waals surface area contributed by atoms with Gasteiger partial charge in [0.05, 0.1) is 5.52 Å². The summed E-state index contributed by atoms with van der Waals surface area (Å²) in [6.07, 6.45) is 3.21. The van der Waals surface area contributed by atoms with Gasteiger partial charge < -0.3 is 4.74 Å². The highest BCUT2D eigenvalue weighted by atomic mass is 35.5. The van der Waals surface area contributed by atoms with E-state index in [1.807, 2.05) is 18.2 Å². The Morgan fingerprint density at radius 2 is 1.81 bits per heavy atom. The third kappa shape index (κ3) is 4.31. The quantitative estimate of drug-likeness (QED) is 0.386. The van der Waals surface area contributed by atoms with Crippen LogP contribution in [0.1, 0.15) is 38.2 Å². The highest BCUT2D eigenvalue weighted by Gasteiger charge is 2.20. The van der Waals surface area contributed by atoms with Crippen molar-refractivity contribution in [1.29, 1.82) is 0 Å². The first-order chi connectivity index (χ1) is 12.6. The molecule has 7 nitrogen and oxygen atoms in total. The second kappa shape index (κ2) is 7.08. The number of nitrogens with zero attached hydrogens (tertiary/aromatic N) is 4.